The highest BCUT2D eigenvalue weighted by molar-refractivity contribution is 7.11. The van der Waals surface area contributed by atoms with E-state index in [4.69, 9.17) is 0 Å². The maximum absolute atomic E-state index is 4.38. The van der Waals surface area contributed by atoms with Gasteiger partial charge in [-0.1, -0.05) is 0 Å². The van der Waals surface area contributed by atoms with E-state index in [0.717, 1.165) is 5.01 Å². The molecule has 2 N–H and O–H groups in total. The standard InChI is InChI=1S/C12H19N7S/c1-7-6-14-9(20-7)8(2)15-11-16-10(13-3)17-12(18-11)19(4)5/h6,8H,1-5H3,(H2,13,15,16,17,18). The molecular formula is C12H19N7S. The van der Waals surface area contributed by atoms with Gasteiger partial charge in [-0.05, 0) is 13.8 Å². The fraction of sp³-hybridized carbons (Fsp3) is 0.500. The van der Waals surface area contributed by atoms with Crippen LogP contribution in [0.2, 0.25) is 0 Å². The van der Waals surface area contributed by atoms with E-state index in [2.05, 4.69) is 30.6 Å². The van der Waals surface area contributed by atoms with Crippen LogP contribution in [0.3, 0.4) is 0 Å². The molecule has 2 aromatic heterocycles. The highest BCUT2D eigenvalue weighted by Crippen LogP contribution is 2.22. The zero-order chi connectivity index (χ0) is 14.7. The Morgan fingerprint density at radius 2 is 1.90 bits per heavy atom. The summed E-state index contributed by atoms with van der Waals surface area (Å²) in [4.78, 5) is 20.4. The van der Waals surface area contributed by atoms with Crippen LogP contribution in [0.5, 0.6) is 0 Å². The monoisotopic (exact) mass is 293 g/mol. The van der Waals surface area contributed by atoms with Crippen LogP contribution in [0.4, 0.5) is 17.8 Å². The van der Waals surface area contributed by atoms with Crippen molar-refractivity contribution in [1.29, 1.82) is 0 Å². The summed E-state index contributed by atoms with van der Waals surface area (Å²) < 4.78 is 0. The molecule has 0 amide bonds. The molecule has 1 unspecified atom stereocenters. The van der Waals surface area contributed by atoms with Crippen LogP contribution in [0.1, 0.15) is 22.9 Å². The Morgan fingerprint density at radius 1 is 1.20 bits per heavy atom. The fourth-order valence-corrected chi connectivity index (χ4v) is 2.35. The highest BCUT2D eigenvalue weighted by atomic mass is 32.1. The average Bonchev–Trinajstić information content (AvgIpc) is 2.85. The van der Waals surface area contributed by atoms with Crippen LogP contribution in [0, 0.1) is 6.92 Å². The minimum absolute atomic E-state index is 0.0517. The third-order valence-corrected chi connectivity index (χ3v) is 3.70. The molecule has 2 rings (SSSR count). The lowest BCUT2D eigenvalue weighted by Crippen LogP contribution is -2.17. The Balaban J connectivity index is 2.21. The van der Waals surface area contributed by atoms with Gasteiger partial charge in [0.2, 0.25) is 17.8 Å². The van der Waals surface area contributed by atoms with E-state index in [9.17, 15) is 0 Å². The molecule has 2 aromatic rings. The Morgan fingerprint density at radius 3 is 2.45 bits per heavy atom. The van der Waals surface area contributed by atoms with Gasteiger partial charge in [-0.15, -0.1) is 11.3 Å². The second kappa shape index (κ2) is 6.00. The molecule has 7 nitrogen and oxygen atoms in total. The van der Waals surface area contributed by atoms with E-state index in [-0.39, 0.29) is 6.04 Å². The number of nitrogens with one attached hydrogen (secondary N) is 2. The van der Waals surface area contributed by atoms with Gasteiger partial charge >= 0.3 is 0 Å². The third-order valence-electron chi connectivity index (χ3n) is 2.60. The first-order valence-corrected chi connectivity index (χ1v) is 7.11. The third kappa shape index (κ3) is 3.32. The van der Waals surface area contributed by atoms with Gasteiger partial charge in [-0.2, -0.15) is 15.0 Å². The van der Waals surface area contributed by atoms with Gasteiger partial charge in [0.1, 0.15) is 5.01 Å². The van der Waals surface area contributed by atoms with Crippen molar-refractivity contribution in [2.24, 2.45) is 0 Å². The number of thiazole rings is 1. The quantitative estimate of drug-likeness (QED) is 0.871. The molecule has 2 heterocycles. The number of anilines is 3. The van der Waals surface area contributed by atoms with Crippen LogP contribution in [-0.2, 0) is 0 Å². The Kier molecular flexibility index (Phi) is 4.33. The zero-order valence-corrected chi connectivity index (χ0v) is 13.1. The van der Waals surface area contributed by atoms with E-state index >= 15 is 0 Å². The Hall–Kier alpha value is -1.96. The molecule has 0 saturated heterocycles. The van der Waals surface area contributed by atoms with Crippen LogP contribution in [0.25, 0.3) is 0 Å². The predicted molar refractivity (Wildman–Crippen MR) is 82.6 cm³/mol. The summed E-state index contributed by atoms with van der Waals surface area (Å²) in [7, 11) is 5.57. The second-order valence-electron chi connectivity index (χ2n) is 4.60. The molecule has 8 heteroatoms. The normalized spacial score (nSPS) is 12.1. The van der Waals surface area contributed by atoms with Gasteiger partial charge in [-0.25, -0.2) is 4.98 Å². The van der Waals surface area contributed by atoms with E-state index in [1.54, 1.807) is 18.4 Å². The fourth-order valence-electron chi connectivity index (χ4n) is 1.57. The van der Waals surface area contributed by atoms with Crippen molar-refractivity contribution >= 4 is 29.2 Å². The molecule has 0 spiro atoms. The number of rotatable bonds is 5. The second-order valence-corrected chi connectivity index (χ2v) is 5.87. The summed E-state index contributed by atoms with van der Waals surface area (Å²) in [5.41, 5.74) is 0. The number of aryl methyl sites for hydroxylation is 1. The largest absolute Gasteiger partial charge is 0.357 e. The first-order valence-electron chi connectivity index (χ1n) is 6.29. The topological polar surface area (TPSA) is 78.9 Å². The maximum atomic E-state index is 4.38. The average molecular weight is 293 g/mol. The van der Waals surface area contributed by atoms with Gasteiger partial charge in [0, 0.05) is 32.2 Å². The summed E-state index contributed by atoms with van der Waals surface area (Å²) >= 11 is 1.66. The van der Waals surface area contributed by atoms with E-state index in [1.165, 1.54) is 4.88 Å². The number of aromatic nitrogens is 4. The molecule has 0 radical (unpaired) electrons. The Bertz CT molecular complexity index is 581. The van der Waals surface area contributed by atoms with Gasteiger partial charge in [-0.3, -0.25) is 0 Å². The first-order chi connectivity index (χ1) is 9.49. The molecule has 0 saturated carbocycles. The van der Waals surface area contributed by atoms with E-state index in [1.807, 2.05) is 39.0 Å². The number of nitrogens with zero attached hydrogens (tertiary/aromatic N) is 5. The van der Waals surface area contributed by atoms with Crippen molar-refractivity contribution < 1.29 is 0 Å². The molecule has 0 aromatic carbocycles. The van der Waals surface area contributed by atoms with Gasteiger partial charge in [0.15, 0.2) is 0 Å². The van der Waals surface area contributed by atoms with Gasteiger partial charge in [0.05, 0.1) is 6.04 Å². The van der Waals surface area contributed by atoms with Crippen LogP contribution in [-0.4, -0.2) is 41.1 Å². The lowest BCUT2D eigenvalue weighted by Gasteiger charge is -2.15. The minimum atomic E-state index is 0.0517. The van der Waals surface area contributed by atoms with Crippen LogP contribution in [0.15, 0.2) is 6.20 Å². The summed E-state index contributed by atoms with van der Waals surface area (Å²) in [6.07, 6.45) is 1.87. The van der Waals surface area contributed by atoms with Gasteiger partial charge in [0.25, 0.3) is 0 Å². The van der Waals surface area contributed by atoms with Crippen molar-refractivity contribution in [2.45, 2.75) is 19.9 Å². The summed E-state index contributed by atoms with van der Waals surface area (Å²) in [5.74, 6) is 1.68. The lowest BCUT2D eigenvalue weighted by molar-refractivity contribution is 0.838. The first kappa shape index (κ1) is 14.4. The summed E-state index contributed by atoms with van der Waals surface area (Å²) in [6.45, 7) is 4.08. The Labute approximate surface area is 122 Å². The molecular weight excluding hydrogens is 274 g/mol. The van der Waals surface area contributed by atoms with Gasteiger partial charge < -0.3 is 15.5 Å². The summed E-state index contributed by atoms with van der Waals surface area (Å²) in [5, 5.41) is 7.21. The van der Waals surface area contributed by atoms with Crippen LogP contribution < -0.4 is 15.5 Å². The highest BCUT2D eigenvalue weighted by Gasteiger charge is 2.13. The molecule has 20 heavy (non-hydrogen) atoms. The number of hydrogen-bond acceptors (Lipinski definition) is 8. The molecule has 0 bridgehead atoms. The van der Waals surface area contributed by atoms with Crippen molar-refractivity contribution in [3.8, 4) is 0 Å². The molecule has 0 fully saturated rings. The maximum Gasteiger partial charge on any atom is 0.231 e. The van der Waals surface area contributed by atoms with E-state index < -0.39 is 0 Å². The van der Waals surface area contributed by atoms with Crippen molar-refractivity contribution in [3.05, 3.63) is 16.1 Å². The minimum Gasteiger partial charge on any atom is -0.357 e. The molecule has 0 aliphatic carbocycles. The number of hydrogen-bond donors (Lipinski definition) is 2. The SMILES string of the molecule is CNc1nc(NC(C)c2ncc(C)s2)nc(N(C)C)n1. The van der Waals surface area contributed by atoms with Crippen molar-refractivity contribution in [3.63, 3.8) is 0 Å². The zero-order valence-electron chi connectivity index (χ0n) is 12.3. The lowest BCUT2D eigenvalue weighted by atomic mass is 10.4. The molecule has 0 aliphatic rings. The molecule has 108 valence electrons. The predicted octanol–water partition coefficient (Wildman–Crippen LogP) is 1.92. The smallest absolute Gasteiger partial charge is 0.231 e. The van der Waals surface area contributed by atoms with Crippen LogP contribution >= 0.6 is 11.3 Å². The molecule has 0 aliphatic heterocycles. The van der Waals surface area contributed by atoms with E-state index in [0.29, 0.717) is 17.8 Å². The van der Waals surface area contributed by atoms with Crippen molar-refractivity contribution in [1.82, 2.24) is 19.9 Å². The summed E-state index contributed by atoms with van der Waals surface area (Å²) in [6, 6.07) is 0.0517. The molecule has 1 atom stereocenters. The van der Waals surface area contributed by atoms with Crippen molar-refractivity contribution in [2.75, 3.05) is 36.7 Å².